The van der Waals surface area contributed by atoms with Crippen LogP contribution < -0.4 is 10.1 Å². The molecular formula is C22H26Cl2N2O3. The molecular weight excluding hydrogens is 411 g/mol. The molecule has 0 saturated carbocycles. The molecule has 0 aliphatic carbocycles. The zero-order valence-electron chi connectivity index (χ0n) is 16.9. The average molecular weight is 437 g/mol. The largest absolute Gasteiger partial charge is 0.484 e. The highest BCUT2D eigenvalue weighted by Gasteiger charge is 2.27. The normalized spacial score (nSPS) is 11.6. The molecule has 2 aromatic carbocycles. The minimum atomic E-state index is -0.678. The van der Waals surface area contributed by atoms with Crippen molar-refractivity contribution in [2.45, 2.75) is 39.8 Å². The van der Waals surface area contributed by atoms with Gasteiger partial charge in [0.1, 0.15) is 11.8 Å². The van der Waals surface area contributed by atoms with Gasteiger partial charge in [-0.2, -0.15) is 0 Å². The fourth-order valence-electron chi connectivity index (χ4n) is 2.67. The van der Waals surface area contributed by atoms with E-state index < -0.39 is 6.04 Å². The van der Waals surface area contributed by atoms with Crippen molar-refractivity contribution in [3.63, 3.8) is 0 Å². The smallest absolute Gasteiger partial charge is 0.261 e. The van der Waals surface area contributed by atoms with Crippen LogP contribution in [0.25, 0.3) is 0 Å². The van der Waals surface area contributed by atoms with Crippen molar-refractivity contribution in [1.82, 2.24) is 10.2 Å². The number of hydrogen-bond donors (Lipinski definition) is 1. The molecule has 0 fully saturated rings. The summed E-state index contributed by atoms with van der Waals surface area (Å²) < 4.78 is 5.62. The van der Waals surface area contributed by atoms with E-state index in [0.717, 1.165) is 12.0 Å². The molecule has 0 radical (unpaired) electrons. The van der Waals surface area contributed by atoms with Crippen LogP contribution in [0.5, 0.6) is 5.75 Å². The standard InChI is InChI=1S/C22H26Cl2N2O3/c1-4-11-25-22(28)16(3)26(13-17-7-8-18(23)12-20(17)24)21(27)14-29-19-9-5-15(2)6-10-19/h5-10,12,16H,4,11,13-14H2,1-3H3,(H,25,28). The predicted molar refractivity (Wildman–Crippen MR) is 116 cm³/mol. The van der Waals surface area contributed by atoms with E-state index in [9.17, 15) is 9.59 Å². The van der Waals surface area contributed by atoms with Crippen LogP contribution in [0.15, 0.2) is 42.5 Å². The fourth-order valence-corrected chi connectivity index (χ4v) is 3.14. The van der Waals surface area contributed by atoms with E-state index in [-0.39, 0.29) is 25.0 Å². The van der Waals surface area contributed by atoms with E-state index in [2.05, 4.69) is 5.32 Å². The third kappa shape index (κ3) is 6.94. The van der Waals surface area contributed by atoms with Crippen LogP contribution in [0.1, 0.15) is 31.4 Å². The van der Waals surface area contributed by atoms with Gasteiger partial charge in [-0.15, -0.1) is 0 Å². The Kier molecular flexibility index (Phi) is 8.80. The Morgan fingerprint density at radius 2 is 1.83 bits per heavy atom. The number of ether oxygens (including phenoxy) is 1. The van der Waals surface area contributed by atoms with Gasteiger partial charge in [0.15, 0.2) is 6.61 Å². The van der Waals surface area contributed by atoms with Crippen LogP contribution in [-0.2, 0) is 16.1 Å². The number of nitrogens with one attached hydrogen (secondary N) is 1. The third-order valence-electron chi connectivity index (χ3n) is 4.46. The summed E-state index contributed by atoms with van der Waals surface area (Å²) in [6.07, 6.45) is 0.811. The number of carbonyl (C=O) groups excluding carboxylic acids is 2. The maximum Gasteiger partial charge on any atom is 0.261 e. The topological polar surface area (TPSA) is 58.6 Å². The van der Waals surface area contributed by atoms with Gasteiger partial charge in [-0.05, 0) is 50.1 Å². The van der Waals surface area contributed by atoms with Gasteiger partial charge in [0.25, 0.3) is 5.91 Å². The lowest BCUT2D eigenvalue weighted by atomic mass is 10.1. The van der Waals surface area contributed by atoms with Crippen LogP contribution in [0.3, 0.4) is 0 Å². The number of benzene rings is 2. The van der Waals surface area contributed by atoms with Gasteiger partial charge in [-0.25, -0.2) is 0 Å². The first-order valence-corrected chi connectivity index (χ1v) is 10.3. The average Bonchev–Trinajstić information content (AvgIpc) is 2.70. The molecule has 0 saturated heterocycles. The van der Waals surface area contributed by atoms with Crippen LogP contribution in [0.4, 0.5) is 0 Å². The lowest BCUT2D eigenvalue weighted by Gasteiger charge is -2.29. The van der Waals surface area contributed by atoms with Gasteiger partial charge in [0.2, 0.25) is 5.91 Å². The molecule has 5 nitrogen and oxygen atoms in total. The Balaban J connectivity index is 2.16. The van der Waals surface area contributed by atoms with Crippen LogP contribution in [-0.4, -0.2) is 35.9 Å². The van der Waals surface area contributed by atoms with E-state index in [4.69, 9.17) is 27.9 Å². The van der Waals surface area contributed by atoms with Crippen molar-refractivity contribution in [3.05, 3.63) is 63.6 Å². The summed E-state index contributed by atoms with van der Waals surface area (Å²) in [5.41, 5.74) is 1.80. The van der Waals surface area contributed by atoms with Crippen molar-refractivity contribution < 1.29 is 14.3 Å². The number of nitrogens with zero attached hydrogens (tertiary/aromatic N) is 1. The second-order valence-electron chi connectivity index (χ2n) is 6.83. The molecule has 1 N–H and O–H groups in total. The molecule has 0 aromatic heterocycles. The number of halogens is 2. The first-order valence-electron chi connectivity index (χ1n) is 9.52. The molecule has 2 amide bonds. The molecule has 7 heteroatoms. The SMILES string of the molecule is CCCNC(=O)C(C)N(Cc1ccc(Cl)cc1Cl)C(=O)COc1ccc(C)cc1. The molecule has 0 bridgehead atoms. The van der Waals surface area contributed by atoms with Crippen LogP contribution in [0.2, 0.25) is 10.0 Å². The number of rotatable bonds is 9. The number of aryl methyl sites for hydroxylation is 1. The Labute approximate surface area is 181 Å². The summed E-state index contributed by atoms with van der Waals surface area (Å²) in [6, 6.07) is 11.8. The summed E-state index contributed by atoms with van der Waals surface area (Å²) in [6.45, 7) is 6.18. The van der Waals surface area contributed by atoms with Gasteiger partial charge in [-0.1, -0.05) is 53.9 Å². The summed E-state index contributed by atoms with van der Waals surface area (Å²) in [5.74, 6) is 0.0628. The number of carbonyl (C=O) groups is 2. The van der Waals surface area contributed by atoms with Crippen molar-refractivity contribution in [2.75, 3.05) is 13.2 Å². The molecule has 2 aromatic rings. The first-order chi connectivity index (χ1) is 13.8. The Bertz CT molecular complexity index is 840. The molecule has 29 heavy (non-hydrogen) atoms. The van der Waals surface area contributed by atoms with E-state index in [1.165, 1.54) is 4.90 Å². The van der Waals surface area contributed by atoms with E-state index in [1.807, 2.05) is 26.0 Å². The maximum atomic E-state index is 12.9. The van der Waals surface area contributed by atoms with Gasteiger partial charge in [-0.3, -0.25) is 9.59 Å². The quantitative estimate of drug-likeness (QED) is 0.623. The second kappa shape index (κ2) is 11.1. The van der Waals surface area contributed by atoms with Gasteiger partial charge in [0, 0.05) is 23.1 Å². The summed E-state index contributed by atoms with van der Waals surface area (Å²) >= 11 is 12.2. The molecule has 1 atom stereocenters. The highest BCUT2D eigenvalue weighted by Crippen LogP contribution is 2.23. The third-order valence-corrected chi connectivity index (χ3v) is 5.04. The summed E-state index contributed by atoms with van der Waals surface area (Å²) in [7, 11) is 0. The highest BCUT2D eigenvalue weighted by molar-refractivity contribution is 6.35. The van der Waals surface area contributed by atoms with Gasteiger partial charge < -0.3 is 15.0 Å². The molecule has 0 spiro atoms. The first kappa shape index (κ1) is 23.0. The minimum Gasteiger partial charge on any atom is -0.484 e. The van der Waals surface area contributed by atoms with Gasteiger partial charge >= 0.3 is 0 Å². The lowest BCUT2D eigenvalue weighted by molar-refractivity contribution is -0.142. The number of amides is 2. The monoisotopic (exact) mass is 436 g/mol. The molecule has 0 aliphatic heterocycles. The Morgan fingerprint density at radius 1 is 1.14 bits per heavy atom. The molecule has 156 valence electrons. The molecule has 2 rings (SSSR count). The lowest BCUT2D eigenvalue weighted by Crippen LogP contribution is -2.49. The van der Waals surface area contributed by atoms with Crippen molar-refractivity contribution in [1.29, 1.82) is 0 Å². The maximum absolute atomic E-state index is 12.9. The Morgan fingerprint density at radius 3 is 2.45 bits per heavy atom. The van der Waals surface area contributed by atoms with Gasteiger partial charge in [0.05, 0.1) is 0 Å². The summed E-state index contributed by atoms with van der Waals surface area (Å²) in [5, 5.41) is 3.78. The fraction of sp³-hybridized carbons (Fsp3) is 0.364. The van der Waals surface area contributed by atoms with Crippen molar-refractivity contribution in [2.24, 2.45) is 0 Å². The van der Waals surface area contributed by atoms with Crippen LogP contribution in [0, 0.1) is 6.92 Å². The molecule has 1 unspecified atom stereocenters. The van der Waals surface area contributed by atoms with E-state index in [0.29, 0.717) is 27.9 Å². The molecule has 0 aliphatic rings. The zero-order chi connectivity index (χ0) is 21.4. The van der Waals surface area contributed by atoms with Crippen molar-refractivity contribution in [3.8, 4) is 5.75 Å². The van der Waals surface area contributed by atoms with Crippen LogP contribution >= 0.6 is 23.2 Å². The van der Waals surface area contributed by atoms with E-state index >= 15 is 0 Å². The predicted octanol–water partition coefficient (Wildman–Crippen LogP) is 4.62. The highest BCUT2D eigenvalue weighted by atomic mass is 35.5. The van der Waals surface area contributed by atoms with E-state index in [1.54, 1.807) is 37.3 Å². The zero-order valence-corrected chi connectivity index (χ0v) is 18.4. The molecule has 0 heterocycles. The minimum absolute atomic E-state index is 0.173. The Hall–Kier alpha value is -2.24. The second-order valence-corrected chi connectivity index (χ2v) is 7.67. The summed E-state index contributed by atoms with van der Waals surface area (Å²) in [4.78, 5) is 26.9. The number of hydrogen-bond acceptors (Lipinski definition) is 3. The van der Waals surface area contributed by atoms with Crippen molar-refractivity contribution >= 4 is 35.0 Å².